The van der Waals surface area contributed by atoms with Gasteiger partial charge in [0, 0.05) is 6.54 Å². The van der Waals surface area contributed by atoms with Crippen molar-refractivity contribution < 1.29 is 0 Å². The summed E-state index contributed by atoms with van der Waals surface area (Å²) in [5, 5.41) is 3.47. The van der Waals surface area contributed by atoms with Crippen LogP contribution in [0.5, 0.6) is 0 Å². The molecule has 0 radical (unpaired) electrons. The summed E-state index contributed by atoms with van der Waals surface area (Å²) in [6, 6.07) is 10.9. The lowest BCUT2D eigenvalue weighted by Crippen LogP contribution is -2.41. The molecule has 0 saturated carbocycles. The predicted molar refractivity (Wildman–Crippen MR) is 60.5 cm³/mol. The van der Waals surface area contributed by atoms with Crippen LogP contribution in [0.3, 0.4) is 0 Å². The van der Waals surface area contributed by atoms with E-state index in [1.807, 2.05) is 0 Å². The zero-order valence-corrected chi connectivity index (χ0v) is 9.09. The van der Waals surface area contributed by atoms with E-state index in [9.17, 15) is 0 Å². The summed E-state index contributed by atoms with van der Waals surface area (Å²) < 4.78 is 0. The molecule has 0 amide bonds. The van der Waals surface area contributed by atoms with Crippen molar-refractivity contribution in [1.82, 2.24) is 5.32 Å². The molecule has 0 aliphatic carbocycles. The van der Waals surface area contributed by atoms with E-state index in [2.05, 4.69) is 49.5 Å². The Morgan fingerprint density at radius 2 is 1.93 bits per heavy atom. The zero-order valence-electron chi connectivity index (χ0n) is 9.09. The van der Waals surface area contributed by atoms with Crippen molar-refractivity contribution in [2.45, 2.75) is 26.2 Å². The Morgan fingerprint density at radius 1 is 1.21 bits per heavy atom. The normalized spacial score (nSPS) is 26.0. The molecule has 1 heterocycles. The van der Waals surface area contributed by atoms with Gasteiger partial charge in [0.05, 0.1) is 0 Å². The first-order valence-corrected chi connectivity index (χ1v) is 5.46. The molecule has 1 N–H and O–H groups in total. The summed E-state index contributed by atoms with van der Waals surface area (Å²) in [4.78, 5) is 0. The Hall–Kier alpha value is -0.820. The second kappa shape index (κ2) is 3.74. The molecule has 0 spiro atoms. The van der Waals surface area contributed by atoms with Gasteiger partial charge in [-0.25, -0.2) is 0 Å². The zero-order chi connectivity index (χ0) is 10.0. The van der Waals surface area contributed by atoms with Crippen LogP contribution in [0.2, 0.25) is 0 Å². The Bertz CT molecular complexity index is 289. The largest absolute Gasteiger partial charge is 0.316 e. The van der Waals surface area contributed by atoms with Gasteiger partial charge in [-0.3, -0.25) is 0 Å². The van der Waals surface area contributed by atoms with Gasteiger partial charge in [-0.05, 0) is 29.9 Å². The Kier molecular flexibility index (Phi) is 2.60. The lowest BCUT2D eigenvalue weighted by molar-refractivity contribution is 0.219. The van der Waals surface area contributed by atoms with Crippen molar-refractivity contribution in [3.05, 3.63) is 35.9 Å². The minimum atomic E-state index is 0.388. The molecule has 1 atom stereocenters. The average Bonchev–Trinajstić information content (AvgIpc) is 2.18. The van der Waals surface area contributed by atoms with Crippen LogP contribution >= 0.6 is 0 Å². The van der Waals surface area contributed by atoms with Gasteiger partial charge in [0.1, 0.15) is 0 Å². The summed E-state index contributed by atoms with van der Waals surface area (Å²) in [5.41, 5.74) is 1.89. The first-order chi connectivity index (χ1) is 6.70. The highest BCUT2D eigenvalue weighted by Crippen LogP contribution is 2.39. The fourth-order valence-electron chi connectivity index (χ4n) is 2.47. The van der Waals surface area contributed by atoms with Crippen molar-refractivity contribution in [3.8, 4) is 0 Å². The molecule has 0 bridgehead atoms. The maximum atomic E-state index is 3.47. The van der Waals surface area contributed by atoms with E-state index >= 15 is 0 Å². The molecule has 2 rings (SSSR count). The highest BCUT2D eigenvalue weighted by atomic mass is 14.9. The van der Waals surface area contributed by atoms with Gasteiger partial charge in [-0.1, -0.05) is 44.2 Å². The van der Waals surface area contributed by atoms with E-state index in [-0.39, 0.29) is 0 Å². The van der Waals surface area contributed by atoms with E-state index < -0.39 is 0 Å². The highest BCUT2D eigenvalue weighted by molar-refractivity contribution is 5.22. The van der Waals surface area contributed by atoms with Gasteiger partial charge >= 0.3 is 0 Å². The maximum absolute atomic E-state index is 3.47. The number of rotatable bonds is 1. The molecular formula is C13H19N. The van der Waals surface area contributed by atoms with Crippen LogP contribution < -0.4 is 5.32 Å². The van der Waals surface area contributed by atoms with Gasteiger partial charge < -0.3 is 5.32 Å². The lowest BCUT2D eigenvalue weighted by atomic mass is 9.71. The molecular weight excluding hydrogens is 170 g/mol. The number of hydrogen-bond donors (Lipinski definition) is 1. The lowest BCUT2D eigenvalue weighted by Gasteiger charge is -2.39. The molecule has 0 aromatic heterocycles. The van der Waals surface area contributed by atoms with Crippen LogP contribution in [0.4, 0.5) is 0 Å². The number of hydrogen-bond acceptors (Lipinski definition) is 1. The Balaban J connectivity index is 2.24. The molecule has 1 fully saturated rings. The van der Waals surface area contributed by atoms with Gasteiger partial charge in [0.2, 0.25) is 0 Å². The molecule has 1 unspecified atom stereocenters. The topological polar surface area (TPSA) is 12.0 Å². The van der Waals surface area contributed by atoms with Crippen LogP contribution in [0, 0.1) is 5.41 Å². The molecule has 1 nitrogen and oxygen atoms in total. The molecule has 1 aromatic rings. The van der Waals surface area contributed by atoms with Gasteiger partial charge in [-0.15, -0.1) is 0 Å². The minimum Gasteiger partial charge on any atom is -0.316 e. The smallest absolute Gasteiger partial charge is 0.000838 e. The standard InChI is InChI=1S/C13H19N/c1-13(2)10-14-9-8-12(13)11-6-4-3-5-7-11/h3-7,12,14H,8-10H2,1-2H3. The van der Waals surface area contributed by atoms with E-state index in [4.69, 9.17) is 0 Å². The van der Waals surface area contributed by atoms with Crippen molar-refractivity contribution >= 4 is 0 Å². The van der Waals surface area contributed by atoms with Gasteiger partial charge in [-0.2, -0.15) is 0 Å². The third-order valence-electron chi connectivity index (χ3n) is 3.34. The predicted octanol–water partition coefficient (Wildman–Crippen LogP) is 2.79. The first-order valence-electron chi connectivity index (χ1n) is 5.46. The van der Waals surface area contributed by atoms with E-state index in [1.54, 1.807) is 0 Å². The molecule has 1 aliphatic heterocycles. The number of nitrogens with one attached hydrogen (secondary N) is 1. The summed E-state index contributed by atoms with van der Waals surface area (Å²) in [6.07, 6.45) is 1.26. The van der Waals surface area contributed by atoms with E-state index in [0.717, 1.165) is 13.1 Å². The van der Waals surface area contributed by atoms with Crippen molar-refractivity contribution in [2.75, 3.05) is 13.1 Å². The summed E-state index contributed by atoms with van der Waals surface area (Å²) in [7, 11) is 0. The summed E-state index contributed by atoms with van der Waals surface area (Å²) >= 11 is 0. The van der Waals surface area contributed by atoms with E-state index in [1.165, 1.54) is 12.0 Å². The van der Waals surface area contributed by atoms with Crippen LogP contribution in [0.25, 0.3) is 0 Å². The Morgan fingerprint density at radius 3 is 2.57 bits per heavy atom. The first kappa shape index (κ1) is 9.72. The van der Waals surface area contributed by atoms with Crippen molar-refractivity contribution in [2.24, 2.45) is 5.41 Å². The minimum absolute atomic E-state index is 0.388. The Labute approximate surface area is 86.5 Å². The maximum Gasteiger partial charge on any atom is 0.000838 e. The summed E-state index contributed by atoms with van der Waals surface area (Å²) in [6.45, 7) is 7.00. The third kappa shape index (κ3) is 1.83. The van der Waals surface area contributed by atoms with Gasteiger partial charge in [0.25, 0.3) is 0 Å². The van der Waals surface area contributed by atoms with Crippen molar-refractivity contribution in [1.29, 1.82) is 0 Å². The average molecular weight is 189 g/mol. The second-order valence-corrected chi connectivity index (χ2v) is 4.92. The van der Waals surface area contributed by atoms with Gasteiger partial charge in [0.15, 0.2) is 0 Å². The molecule has 1 heteroatoms. The molecule has 1 aliphatic rings. The van der Waals surface area contributed by atoms with E-state index in [0.29, 0.717) is 11.3 Å². The fourth-order valence-corrected chi connectivity index (χ4v) is 2.47. The van der Waals surface area contributed by atoms with Crippen LogP contribution in [0.15, 0.2) is 30.3 Å². The van der Waals surface area contributed by atoms with Crippen LogP contribution in [-0.4, -0.2) is 13.1 Å². The molecule has 76 valence electrons. The van der Waals surface area contributed by atoms with Crippen LogP contribution in [-0.2, 0) is 0 Å². The summed E-state index contributed by atoms with van der Waals surface area (Å²) in [5.74, 6) is 0.713. The molecule has 14 heavy (non-hydrogen) atoms. The van der Waals surface area contributed by atoms with Crippen LogP contribution in [0.1, 0.15) is 31.7 Å². The monoisotopic (exact) mass is 189 g/mol. The molecule has 1 saturated heterocycles. The quantitative estimate of drug-likeness (QED) is 0.716. The van der Waals surface area contributed by atoms with Crippen molar-refractivity contribution in [3.63, 3.8) is 0 Å². The highest BCUT2D eigenvalue weighted by Gasteiger charge is 2.32. The molecule has 1 aromatic carbocycles. The number of piperidine rings is 1. The second-order valence-electron chi connectivity index (χ2n) is 4.92. The SMILES string of the molecule is CC1(C)CNCCC1c1ccccc1. The third-order valence-corrected chi connectivity index (χ3v) is 3.34. The fraction of sp³-hybridized carbons (Fsp3) is 0.538. The number of benzene rings is 1.